The van der Waals surface area contributed by atoms with Gasteiger partial charge in [0.25, 0.3) is 5.91 Å². The number of rotatable bonds is 4. The number of amides is 1. The second kappa shape index (κ2) is 6.40. The fourth-order valence-electron chi connectivity index (χ4n) is 2.11. The van der Waals surface area contributed by atoms with Crippen LogP contribution in [0.25, 0.3) is 0 Å². The molecular weight excluding hydrogens is 228 g/mol. The molecule has 1 saturated heterocycles. The van der Waals surface area contributed by atoms with Gasteiger partial charge in [-0.05, 0) is 50.6 Å². The third-order valence-corrected chi connectivity index (χ3v) is 3.06. The lowest BCUT2D eigenvalue weighted by Gasteiger charge is -2.23. The largest absolute Gasteiger partial charge is 0.494 e. The van der Waals surface area contributed by atoms with Crippen molar-refractivity contribution in [2.24, 2.45) is 0 Å². The van der Waals surface area contributed by atoms with Crippen LogP contribution < -0.4 is 15.4 Å². The van der Waals surface area contributed by atoms with Gasteiger partial charge in [-0.15, -0.1) is 0 Å². The van der Waals surface area contributed by atoms with E-state index >= 15 is 0 Å². The van der Waals surface area contributed by atoms with E-state index in [1.807, 2.05) is 19.1 Å². The Morgan fingerprint density at radius 2 is 2.22 bits per heavy atom. The van der Waals surface area contributed by atoms with Crippen LogP contribution in [0.2, 0.25) is 0 Å². The topological polar surface area (TPSA) is 50.4 Å². The van der Waals surface area contributed by atoms with E-state index in [2.05, 4.69) is 10.6 Å². The Balaban J connectivity index is 1.91. The van der Waals surface area contributed by atoms with E-state index in [0.717, 1.165) is 31.7 Å². The highest BCUT2D eigenvalue weighted by atomic mass is 16.5. The third-order valence-electron chi connectivity index (χ3n) is 3.06. The van der Waals surface area contributed by atoms with Crippen LogP contribution in [0.15, 0.2) is 24.3 Å². The fourth-order valence-corrected chi connectivity index (χ4v) is 2.11. The normalized spacial score (nSPS) is 19.3. The first-order valence-corrected chi connectivity index (χ1v) is 6.54. The van der Waals surface area contributed by atoms with Crippen molar-refractivity contribution in [3.63, 3.8) is 0 Å². The summed E-state index contributed by atoms with van der Waals surface area (Å²) in [5.41, 5.74) is 0.684. The Hall–Kier alpha value is -1.55. The molecule has 0 spiro atoms. The van der Waals surface area contributed by atoms with Gasteiger partial charge in [-0.25, -0.2) is 0 Å². The minimum Gasteiger partial charge on any atom is -0.494 e. The second-order valence-corrected chi connectivity index (χ2v) is 4.47. The monoisotopic (exact) mass is 248 g/mol. The van der Waals surface area contributed by atoms with Crippen LogP contribution in [0, 0.1) is 0 Å². The molecule has 98 valence electrons. The molecule has 0 radical (unpaired) electrons. The van der Waals surface area contributed by atoms with Crippen LogP contribution in [-0.2, 0) is 0 Å². The minimum absolute atomic E-state index is 0.00764. The smallest absolute Gasteiger partial charge is 0.251 e. The van der Waals surface area contributed by atoms with Crippen LogP contribution >= 0.6 is 0 Å². The van der Waals surface area contributed by atoms with Gasteiger partial charge in [0.2, 0.25) is 0 Å². The molecule has 1 atom stereocenters. The van der Waals surface area contributed by atoms with E-state index in [-0.39, 0.29) is 11.9 Å². The van der Waals surface area contributed by atoms with E-state index in [4.69, 9.17) is 4.74 Å². The van der Waals surface area contributed by atoms with Crippen molar-refractivity contribution in [1.82, 2.24) is 10.6 Å². The van der Waals surface area contributed by atoms with Crippen LogP contribution in [-0.4, -0.2) is 31.6 Å². The fraction of sp³-hybridized carbons (Fsp3) is 0.500. The summed E-state index contributed by atoms with van der Waals surface area (Å²) < 4.78 is 5.35. The van der Waals surface area contributed by atoms with E-state index < -0.39 is 0 Å². The van der Waals surface area contributed by atoms with Crippen molar-refractivity contribution >= 4 is 5.91 Å². The maximum Gasteiger partial charge on any atom is 0.251 e. The van der Waals surface area contributed by atoms with Crippen LogP contribution in [0.4, 0.5) is 0 Å². The zero-order valence-electron chi connectivity index (χ0n) is 10.7. The van der Waals surface area contributed by atoms with Crippen LogP contribution in [0.5, 0.6) is 5.75 Å². The first-order valence-electron chi connectivity index (χ1n) is 6.54. The molecule has 0 bridgehead atoms. The maximum absolute atomic E-state index is 12.0. The van der Waals surface area contributed by atoms with Crippen molar-refractivity contribution in [3.8, 4) is 5.75 Å². The van der Waals surface area contributed by atoms with Gasteiger partial charge in [-0.3, -0.25) is 4.79 Å². The van der Waals surface area contributed by atoms with Gasteiger partial charge >= 0.3 is 0 Å². The van der Waals surface area contributed by atoms with Crippen molar-refractivity contribution in [2.45, 2.75) is 25.8 Å². The van der Waals surface area contributed by atoms with Crippen molar-refractivity contribution in [3.05, 3.63) is 29.8 Å². The molecule has 18 heavy (non-hydrogen) atoms. The van der Waals surface area contributed by atoms with Gasteiger partial charge in [0.05, 0.1) is 6.61 Å². The summed E-state index contributed by atoms with van der Waals surface area (Å²) in [6.07, 6.45) is 2.17. The number of nitrogens with one attached hydrogen (secondary N) is 2. The highest BCUT2D eigenvalue weighted by Gasteiger charge is 2.16. The van der Waals surface area contributed by atoms with Gasteiger partial charge in [0, 0.05) is 18.2 Å². The molecule has 1 aromatic rings. The van der Waals surface area contributed by atoms with E-state index in [0.29, 0.717) is 12.2 Å². The molecule has 4 nitrogen and oxygen atoms in total. The van der Waals surface area contributed by atoms with Crippen molar-refractivity contribution in [1.29, 1.82) is 0 Å². The summed E-state index contributed by atoms with van der Waals surface area (Å²) in [6, 6.07) is 7.51. The van der Waals surface area contributed by atoms with E-state index in [9.17, 15) is 4.79 Å². The molecule has 2 rings (SSSR count). The first-order chi connectivity index (χ1) is 8.79. The molecule has 0 aromatic heterocycles. The summed E-state index contributed by atoms with van der Waals surface area (Å²) in [5, 5.41) is 6.33. The molecule has 1 fully saturated rings. The van der Waals surface area contributed by atoms with Crippen LogP contribution in [0.3, 0.4) is 0 Å². The molecule has 0 unspecified atom stereocenters. The molecule has 1 heterocycles. The Bertz CT molecular complexity index is 383. The Morgan fingerprint density at radius 1 is 1.44 bits per heavy atom. The average molecular weight is 248 g/mol. The molecule has 1 aliphatic heterocycles. The molecule has 0 aliphatic carbocycles. The molecule has 0 saturated carbocycles. The number of carbonyl (C=O) groups excluding carboxylic acids is 1. The van der Waals surface area contributed by atoms with Gasteiger partial charge in [-0.2, -0.15) is 0 Å². The van der Waals surface area contributed by atoms with Gasteiger partial charge in [0.1, 0.15) is 5.75 Å². The summed E-state index contributed by atoms with van der Waals surface area (Å²) in [6.45, 7) is 4.49. The number of ether oxygens (including phenoxy) is 1. The quantitative estimate of drug-likeness (QED) is 0.850. The minimum atomic E-state index is -0.00764. The van der Waals surface area contributed by atoms with Crippen molar-refractivity contribution in [2.75, 3.05) is 19.7 Å². The lowest BCUT2D eigenvalue weighted by molar-refractivity contribution is 0.0930. The molecular formula is C14H20N2O2. The summed E-state index contributed by atoms with van der Waals surface area (Å²) >= 11 is 0. The van der Waals surface area contributed by atoms with Crippen molar-refractivity contribution < 1.29 is 9.53 Å². The van der Waals surface area contributed by atoms with Gasteiger partial charge < -0.3 is 15.4 Å². The van der Waals surface area contributed by atoms with Gasteiger partial charge in [-0.1, -0.05) is 0 Å². The van der Waals surface area contributed by atoms with E-state index in [1.54, 1.807) is 12.1 Å². The average Bonchev–Trinajstić information content (AvgIpc) is 2.41. The number of piperidine rings is 1. The number of hydrogen-bond donors (Lipinski definition) is 2. The lowest BCUT2D eigenvalue weighted by atomic mass is 10.1. The van der Waals surface area contributed by atoms with Gasteiger partial charge in [0.15, 0.2) is 0 Å². The summed E-state index contributed by atoms with van der Waals surface area (Å²) in [5.74, 6) is 0.792. The molecule has 2 N–H and O–H groups in total. The highest BCUT2D eigenvalue weighted by molar-refractivity contribution is 5.94. The Kier molecular flexibility index (Phi) is 4.59. The number of benzene rings is 1. The first kappa shape index (κ1) is 12.9. The second-order valence-electron chi connectivity index (χ2n) is 4.47. The molecule has 1 aliphatic rings. The lowest BCUT2D eigenvalue weighted by Crippen LogP contribution is -2.45. The van der Waals surface area contributed by atoms with Crippen LogP contribution in [0.1, 0.15) is 30.1 Å². The maximum atomic E-state index is 12.0. The van der Waals surface area contributed by atoms with E-state index in [1.165, 1.54) is 0 Å². The SMILES string of the molecule is CCOc1ccc(C(=O)N[C@H]2CCCNC2)cc1. The highest BCUT2D eigenvalue weighted by Crippen LogP contribution is 2.12. The molecule has 1 aromatic carbocycles. The third kappa shape index (κ3) is 3.47. The Labute approximate surface area is 108 Å². The number of carbonyl (C=O) groups is 1. The Morgan fingerprint density at radius 3 is 2.83 bits per heavy atom. The predicted molar refractivity (Wildman–Crippen MR) is 71.0 cm³/mol. The number of hydrogen-bond acceptors (Lipinski definition) is 3. The summed E-state index contributed by atoms with van der Waals surface area (Å²) in [7, 11) is 0. The predicted octanol–water partition coefficient (Wildman–Crippen LogP) is 1.57. The summed E-state index contributed by atoms with van der Waals surface area (Å²) in [4.78, 5) is 12.0. The molecule has 1 amide bonds. The molecule has 4 heteroatoms. The zero-order chi connectivity index (χ0) is 12.8. The zero-order valence-corrected chi connectivity index (χ0v) is 10.7. The standard InChI is InChI=1S/C14H20N2O2/c1-2-18-13-7-5-11(6-8-13)14(17)16-12-4-3-9-15-10-12/h5-8,12,15H,2-4,9-10H2,1H3,(H,16,17)/t12-/m0/s1.